The van der Waals surface area contributed by atoms with E-state index in [2.05, 4.69) is 70.4 Å². The number of likely N-dealkylation sites (N-methyl/N-ethyl adjacent to an activating group) is 1. The molecule has 0 aromatic heterocycles. The Morgan fingerprint density at radius 1 is 1.06 bits per heavy atom. The lowest BCUT2D eigenvalue weighted by atomic mass is 9.75. The van der Waals surface area contributed by atoms with Crippen molar-refractivity contribution < 1.29 is 0 Å². The lowest BCUT2D eigenvalue weighted by molar-refractivity contribution is 0.320. The third-order valence-corrected chi connectivity index (χ3v) is 3.77. The van der Waals surface area contributed by atoms with E-state index in [-0.39, 0.29) is 5.41 Å². The van der Waals surface area contributed by atoms with Crippen molar-refractivity contribution in [2.75, 3.05) is 7.05 Å². The Morgan fingerprint density at radius 2 is 1.65 bits per heavy atom. The van der Waals surface area contributed by atoms with Gasteiger partial charge in [0.2, 0.25) is 0 Å². The molecule has 1 nitrogen and oxygen atoms in total. The van der Waals surface area contributed by atoms with Crippen molar-refractivity contribution in [2.24, 2.45) is 5.92 Å². The van der Waals surface area contributed by atoms with Crippen LogP contribution in [0.25, 0.3) is 0 Å². The van der Waals surface area contributed by atoms with Crippen molar-refractivity contribution in [1.82, 2.24) is 5.32 Å². The first-order valence-electron chi connectivity index (χ1n) is 6.71. The number of hydrogen-bond acceptors (Lipinski definition) is 1. The van der Waals surface area contributed by atoms with Gasteiger partial charge in [0, 0.05) is 11.5 Å². The summed E-state index contributed by atoms with van der Waals surface area (Å²) < 4.78 is 0. The zero-order valence-corrected chi connectivity index (χ0v) is 12.0. The van der Waals surface area contributed by atoms with Crippen LogP contribution in [0.15, 0.2) is 30.3 Å². The van der Waals surface area contributed by atoms with Gasteiger partial charge in [0.15, 0.2) is 0 Å². The highest BCUT2D eigenvalue weighted by Crippen LogP contribution is 2.29. The lowest BCUT2D eigenvalue weighted by Crippen LogP contribution is -2.43. The summed E-state index contributed by atoms with van der Waals surface area (Å²) in [4.78, 5) is 0. The molecule has 1 unspecified atom stereocenters. The molecule has 0 saturated heterocycles. The van der Waals surface area contributed by atoms with Crippen molar-refractivity contribution in [3.8, 4) is 0 Å². The second-order valence-electron chi connectivity index (χ2n) is 5.90. The first kappa shape index (κ1) is 14.2. The average Bonchev–Trinajstić information content (AvgIpc) is 2.30. The molecule has 0 spiro atoms. The van der Waals surface area contributed by atoms with Crippen molar-refractivity contribution in [3.05, 3.63) is 35.9 Å². The van der Waals surface area contributed by atoms with E-state index in [0.717, 1.165) is 5.92 Å². The molecule has 1 aromatic rings. The van der Waals surface area contributed by atoms with Crippen LogP contribution in [0.5, 0.6) is 0 Å². The number of rotatable bonds is 6. The summed E-state index contributed by atoms with van der Waals surface area (Å²) in [6, 6.07) is 11.4. The van der Waals surface area contributed by atoms with Gasteiger partial charge in [0.25, 0.3) is 0 Å². The van der Waals surface area contributed by atoms with E-state index in [1.165, 1.54) is 18.4 Å². The van der Waals surface area contributed by atoms with E-state index in [0.29, 0.717) is 6.04 Å². The van der Waals surface area contributed by atoms with E-state index in [4.69, 9.17) is 0 Å². The summed E-state index contributed by atoms with van der Waals surface area (Å²) in [5, 5.41) is 3.50. The highest BCUT2D eigenvalue weighted by molar-refractivity contribution is 5.25. The number of benzene rings is 1. The molecule has 0 aliphatic heterocycles. The van der Waals surface area contributed by atoms with E-state index < -0.39 is 0 Å². The first-order valence-corrected chi connectivity index (χ1v) is 6.71. The van der Waals surface area contributed by atoms with Gasteiger partial charge in [-0.3, -0.25) is 0 Å². The second-order valence-corrected chi connectivity index (χ2v) is 5.90. The van der Waals surface area contributed by atoms with Gasteiger partial charge in [-0.05, 0) is 31.4 Å². The summed E-state index contributed by atoms with van der Waals surface area (Å²) >= 11 is 0. The van der Waals surface area contributed by atoms with Gasteiger partial charge >= 0.3 is 0 Å². The standard InChI is InChI=1S/C16H27N/c1-13(2)11-12-15(17-5)16(3,4)14-9-7-6-8-10-14/h6-10,13,15,17H,11-12H2,1-5H3. The first-order chi connectivity index (χ1) is 7.98. The van der Waals surface area contributed by atoms with Crippen molar-refractivity contribution in [3.63, 3.8) is 0 Å². The Hall–Kier alpha value is -0.820. The van der Waals surface area contributed by atoms with Crippen molar-refractivity contribution in [2.45, 2.75) is 52.0 Å². The maximum absolute atomic E-state index is 3.50. The predicted octanol–water partition coefficient (Wildman–Crippen LogP) is 3.99. The van der Waals surface area contributed by atoms with E-state index >= 15 is 0 Å². The number of hydrogen-bond donors (Lipinski definition) is 1. The predicted molar refractivity (Wildman–Crippen MR) is 76.4 cm³/mol. The van der Waals surface area contributed by atoms with Crippen LogP contribution >= 0.6 is 0 Å². The van der Waals surface area contributed by atoms with Crippen molar-refractivity contribution in [1.29, 1.82) is 0 Å². The normalized spacial score (nSPS) is 14.0. The Balaban J connectivity index is 2.79. The maximum atomic E-state index is 3.50. The Bertz CT molecular complexity index is 314. The van der Waals surface area contributed by atoms with Crippen LogP contribution < -0.4 is 5.32 Å². The highest BCUT2D eigenvalue weighted by Gasteiger charge is 2.29. The maximum Gasteiger partial charge on any atom is 0.0156 e. The minimum Gasteiger partial charge on any atom is -0.316 e. The fourth-order valence-electron chi connectivity index (χ4n) is 2.43. The zero-order valence-electron chi connectivity index (χ0n) is 12.0. The molecule has 0 aliphatic rings. The third kappa shape index (κ3) is 3.85. The van der Waals surface area contributed by atoms with Crippen LogP contribution in [0, 0.1) is 5.92 Å². The molecule has 1 heteroatoms. The van der Waals surface area contributed by atoms with E-state index in [9.17, 15) is 0 Å². The molecule has 0 aliphatic carbocycles. The summed E-state index contributed by atoms with van der Waals surface area (Å²) in [7, 11) is 2.08. The molecule has 0 radical (unpaired) electrons. The molecule has 0 heterocycles. The Morgan fingerprint density at radius 3 is 2.12 bits per heavy atom. The monoisotopic (exact) mass is 233 g/mol. The number of nitrogens with one attached hydrogen (secondary N) is 1. The topological polar surface area (TPSA) is 12.0 Å². The molecule has 1 aromatic carbocycles. The summed E-state index contributed by atoms with van der Waals surface area (Å²) in [5.41, 5.74) is 1.60. The SMILES string of the molecule is CNC(CCC(C)C)C(C)(C)c1ccccc1. The molecule has 0 bridgehead atoms. The molecule has 17 heavy (non-hydrogen) atoms. The molecule has 0 amide bonds. The molecule has 96 valence electrons. The molecule has 1 N–H and O–H groups in total. The van der Waals surface area contributed by atoms with Gasteiger partial charge in [-0.15, -0.1) is 0 Å². The minimum atomic E-state index is 0.185. The van der Waals surface area contributed by atoms with Gasteiger partial charge in [-0.2, -0.15) is 0 Å². The van der Waals surface area contributed by atoms with Crippen LogP contribution in [-0.2, 0) is 5.41 Å². The fraction of sp³-hybridized carbons (Fsp3) is 0.625. The van der Waals surface area contributed by atoms with E-state index in [1.54, 1.807) is 0 Å². The van der Waals surface area contributed by atoms with Crippen LogP contribution in [0.1, 0.15) is 46.1 Å². The van der Waals surface area contributed by atoms with Gasteiger partial charge < -0.3 is 5.32 Å². The molecular formula is C16H27N. The van der Waals surface area contributed by atoms with Crippen LogP contribution in [-0.4, -0.2) is 13.1 Å². The van der Waals surface area contributed by atoms with Gasteiger partial charge in [0.05, 0.1) is 0 Å². The lowest BCUT2D eigenvalue weighted by Gasteiger charge is -2.35. The molecular weight excluding hydrogens is 206 g/mol. The summed E-state index contributed by atoms with van der Waals surface area (Å²) in [5.74, 6) is 0.775. The van der Waals surface area contributed by atoms with E-state index in [1.807, 2.05) is 0 Å². The van der Waals surface area contributed by atoms with Gasteiger partial charge in [0.1, 0.15) is 0 Å². The second kappa shape index (κ2) is 6.20. The molecule has 1 atom stereocenters. The molecule has 1 rings (SSSR count). The molecule has 0 fully saturated rings. The fourth-order valence-corrected chi connectivity index (χ4v) is 2.43. The van der Waals surface area contributed by atoms with Crippen LogP contribution in [0.3, 0.4) is 0 Å². The van der Waals surface area contributed by atoms with Crippen molar-refractivity contribution >= 4 is 0 Å². The van der Waals surface area contributed by atoms with Crippen LogP contribution in [0.4, 0.5) is 0 Å². The Kier molecular flexibility index (Phi) is 5.20. The highest BCUT2D eigenvalue weighted by atomic mass is 14.9. The smallest absolute Gasteiger partial charge is 0.0156 e. The largest absolute Gasteiger partial charge is 0.316 e. The van der Waals surface area contributed by atoms with Gasteiger partial charge in [-0.1, -0.05) is 58.0 Å². The quantitative estimate of drug-likeness (QED) is 0.783. The molecule has 0 saturated carbocycles. The third-order valence-electron chi connectivity index (χ3n) is 3.77. The minimum absolute atomic E-state index is 0.185. The van der Waals surface area contributed by atoms with Gasteiger partial charge in [-0.25, -0.2) is 0 Å². The average molecular weight is 233 g/mol. The zero-order chi connectivity index (χ0) is 12.9. The summed E-state index contributed by atoms with van der Waals surface area (Å²) in [6.45, 7) is 9.26. The summed E-state index contributed by atoms with van der Waals surface area (Å²) in [6.07, 6.45) is 2.51. The Labute approximate surface area is 107 Å². The van der Waals surface area contributed by atoms with Crippen LogP contribution in [0.2, 0.25) is 0 Å².